The molecule has 1 heterocycles. The summed E-state index contributed by atoms with van der Waals surface area (Å²) in [6, 6.07) is 16.4. The number of benzene rings is 2. The molecule has 0 N–H and O–H groups in total. The van der Waals surface area contributed by atoms with Gasteiger partial charge in [-0.25, -0.2) is 4.79 Å². The van der Waals surface area contributed by atoms with Crippen molar-refractivity contribution >= 4 is 28.5 Å². The van der Waals surface area contributed by atoms with Gasteiger partial charge in [-0.3, -0.25) is 9.78 Å². The number of carbonyl (C=O) groups excluding carboxylic acids is 2. The monoisotopic (exact) mass is 431 g/mol. The van der Waals surface area contributed by atoms with Crippen LogP contribution in [-0.2, 0) is 9.53 Å². The fourth-order valence-electron chi connectivity index (χ4n) is 3.37. The Morgan fingerprint density at radius 2 is 1.84 bits per heavy atom. The van der Waals surface area contributed by atoms with E-state index in [9.17, 15) is 9.59 Å². The first kappa shape index (κ1) is 22.8. The Bertz CT molecular complexity index is 1170. The second kappa shape index (κ2) is 10.4. The summed E-state index contributed by atoms with van der Waals surface area (Å²) in [4.78, 5) is 31.6. The lowest BCUT2D eigenvalue weighted by molar-refractivity contribution is -0.121. The third kappa shape index (κ3) is 5.41. The highest BCUT2D eigenvalue weighted by Crippen LogP contribution is 2.22. The first-order chi connectivity index (χ1) is 15.4. The van der Waals surface area contributed by atoms with Crippen LogP contribution >= 0.6 is 0 Å². The van der Waals surface area contributed by atoms with E-state index >= 15 is 0 Å². The first-order valence-corrected chi connectivity index (χ1v) is 10.4. The van der Waals surface area contributed by atoms with Crippen LogP contribution in [0.2, 0.25) is 0 Å². The molecule has 0 aliphatic rings. The van der Waals surface area contributed by atoms with E-state index in [0.717, 1.165) is 5.56 Å². The number of anilines is 1. The molecule has 0 bridgehead atoms. The molecule has 3 rings (SSSR count). The van der Waals surface area contributed by atoms with Crippen molar-refractivity contribution in [1.82, 2.24) is 4.98 Å². The third-order valence-corrected chi connectivity index (χ3v) is 4.85. The van der Waals surface area contributed by atoms with Crippen LogP contribution in [0.4, 0.5) is 5.69 Å². The molecule has 2 aromatic carbocycles. The Hall–Kier alpha value is -3.92. The van der Waals surface area contributed by atoms with Gasteiger partial charge in [-0.2, -0.15) is 5.26 Å². The lowest BCUT2D eigenvalue weighted by Gasteiger charge is -2.22. The summed E-state index contributed by atoms with van der Waals surface area (Å²) >= 11 is 0. The van der Waals surface area contributed by atoms with Crippen molar-refractivity contribution in [3.8, 4) is 11.8 Å². The quantitative estimate of drug-likeness (QED) is 0.492. The number of nitriles is 1. The average molecular weight is 431 g/mol. The van der Waals surface area contributed by atoms with Crippen molar-refractivity contribution < 1.29 is 19.1 Å². The summed E-state index contributed by atoms with van der Waals surface area (Å²) in [6.45, 7) is 5.91. The molecule has 0 unspecified atom stereocenters. The minimum Gasteiger partial charge on any atom is -0.494 e. The highest BCUT2D eigenvalue weighted by molar-refractivity contribution is 6.05. The van der Waals surface area contributed by atoms with Crippen molar-refractivity contribution in [3.63, 3.8) is 0 Å². The maximum atomic E-state index is 12.9. The molecular weight excluding hydrogens is 406 g/mol. The maximum absolute atomic E-state index is 12.9. The zero-order valence-corrected chi connectivity index (χ0v) is 18.4. The summed E-state index contributed by atoms with van der Waals surface area (Å²) in [6.07, 6.45) is 0.153. The topological polar surface area (TPSA) is 92.5 Å². The number of esters is 1. The first-order valence-electron chi connectivity index (χ1n) is 10.4. The molecule has 3 aromatic rings. The summed E-state index contributed by atoms with van der Waals surface area (Å²) in [7, 11) is 0. The van der Waals surface area contributed by atoms with Crippen LogP contribution in [-0.4, -0.2) is 36.6 Å². The largest absolute Gasteiger partial charge is 0.494 e. The average Bonchev–Trinajstić information content (AvgIpc) is 2.78. The Morgan fingerprint density at radius 1 is 1.09 bits per heavy atom. The minimum absolute atomic E-state index is 0.153. The number of hydrogen-bond donors (Lipinski definition) is 0. The molecule has 32 heavy (non-hydrogen) atoms. The number of hydrogen-bond acceptors (Lipinski definition) is 6. The van der Waals surface area contributed by atoms with Gasteiger partial charge in [0.2, 0.25) is 0 Å². The lowest BCUT2D eigenvalue weighted by atomic mass is 10.1. The van der Waals surface area contributed by atoms with E-state index in [0.29, 0.717) is 40.2 Å². The van der Waals surface area contributed by atoms with Gasteiger partial charge in [0, 0.05) is 23.3 Å². The van der Waals surface area contributed by atoms with Crippen LogP contribution in [0.3, 0.4) is 0 Å². The van der Waals surface area contributed by atoms with Crippen LogP contribution in [0.25, 0.3) is 10.9 Å². The van der Waals surface area contributed by atoms with Gasteiger partial charge in [0.1, 0.15) is 5.75 Å². The molecule has 1 amide bonds. The Balaban J connectivity index is 1.77. The smallest absolute Gasteiger partial charge is 0.339 e. The van der Waals surface area contributed by atoms with Gasteiger partial charge in [-0.1, -0.05) is 11.6 Å². The van der Waals surface area contributed by atoms with E-state index in [1.165, 1.54) is 4.90 Å². The van der Waals surface area contributed by atoms with Gasteiger partial charge in [0.15, 0.2) is 6.61 Å². The molecule has 0 spiro atoms. The van der Waals surface area contributed by atoms with E-state index in [4.69, 9.17) is 14.7 Å². The molecule has 0 aliphatic carbocycles. The summed E-state index contributed by atoms with van der Waals surface area (Å²) < 4.78 is 10.8. The zero-order valence-electron chi connectivity index (χ0n) is 18.4. The number of carbonyl (C=O) groups is 2. The van der Waals surface area contributed by atoms with E-state index in [2.05, 4.69) is 4.98 Å². The zero-order chi connectivity index (χ0) is 23.1. The van der Waals surface area contributed by atoms with Crippen molar-refractivity contribution in [3.05, 3.63) is 65.4 Å². The molecule has 0 radical (unpaired) electrons. The highest BCUT2D eigenvalue weighted by Gasteiger charge is 2.20. The van der Waals surface area contributed by atoms with E-state index < -0.39 is 18.5 Å². The summed E-state index contributed by atoms with van der Waals surface area (Å²) in [5, 5.41) is 9.66. The van der Waals surface area contributed by atoms with Gasteiger partial charge < -0.3 is 14.4 Å². The molecule has 0 atom stereocenters. The van der Waals surface area contributed by atoms with Crippen molar-refractivity contribution in [2.24, 2.45) is 0 Å². The van der Waals surface area contributed by atoms with E-state index in [-0.39, 0.29) is 13.0 Å². The van der Waals surface area contributed by atoms with Crippen LogP contribution in [0.1, 0.15) is 35.0 Å². The minimum atomic E-state index is -0.591. The second-order valence-corrected chi connectivity index (χ2v) is 7.29. The van der Waals surface area contributed by atoms with Crippen LogP contribution < -0.4 is 9.64 Å². The number of nitrogens with zero attached hydrogens (tertiary/aromatic N) is 3. The molecule has 7 nitrogen and oxygen atoms in total. The van der Waals surface area contributed by atoms with E-state index in [1.807, 2.05) is 38.1 Å². The van der Waals surface area contributed by atoms with Crippen molar-refractivity contribution in [2.45, 2.75) is 27.2 Å². The van der Waals surface area contributed by atoms with Gasteiger partial charge in [-0.05, 0) is 63.2 Å². The fraction of sp³-hybridized carbons (Fsp3) is 0.280. The Morgan fingerprint density at radius 3 is 2.53 bits per heavy atom. The van der Waals surface area contributed by atoms with E-state index in [1.54, 1.807) is 37.3 Å². The molecule has 0 fully saturated rings. The van der Waals surface area contributed by atoms with Crippen molar-refractivity contribution in [2.75, 3.05) is 24.7 Å². The number of amides is 1. The Kier molecular flexibility index (Phi) is 7.40. The number of fused-ring (bicyclic) bond motifs is 1. The number of aromatic nitrogens is 1. The Labute approximate surface area is 187 Å². The fourth-order valence-corrected chi connectivity index (χ4v) is 3.37. The predicted molar refractivity (Wildman–Crippen MR) is 122 cm³/mol. The van der Waals surface area contributed by atoms with Gasteiger partial charge in [0.05, 0.1) is 30.2 Å². The van der Waals surface area contributed by atoms with Gasteiger partial charge >= 0.3 is 5.97 Å². The summed E-state index contributed by atoms with van der Waals surface area (Å²) in [5.41, 5.74) is 3.34. The summed E-state index contributed by atoms with van der Waals surface area (Å²) in [5.74, 6) is -0.319. The number of pyridine rings is 1. The molecule has 164 valence electrons. The normalized spacial score (nSPS) is 10.4. The SMILES string of the molecule is CCOc1ccc(N(CCC#N)C(=O)COC(=O)c2cc(C)nc3ccc(C)cc23)cc1. The van der Waals surface area contributed by atoms with Gasteiger partial charge in [0.25, 0.3) is 5.91 Å². The molecule has 0 aliphatic heterocycles. The van der Waals surface area contributed by atoms with Crippen LogP contribution in [0, 0.1) is 25.2 Å². The molecule has 7 heteroatoms. The van der Waals surface area contributed by atoms with Gasteiger partial charge in [-0.15, -0.1) is 0 Å². The number of aryl methyl sites for hydroxylation is 2. The van der Waals surface area contributed by atoms with Crippen LogP contribution in [0.5, 0.6) is 5.75 Å². The van der Waals surface area contributed by atoms with Crippen LogP contribution in [0.15, 0.2) is 48.5 Å². The second-order valence-electron chi connectivity index (χ2n) is 7.29. The lowest BCUT2D eigenvalue weighted by Crippen LogP contribution is -2.35. The molecular formula is C25H25N3O4. The predicted octanol–water partition coefficient (Wildman–Crippen LogP) is 4.35. The number of ether oxygens (including phenoxy) is 2. The molecule has 0 saturated heterocycles. The third-order valence-electron chi connectivity index (χ3n) is 4.85. The van der Waals surface area contributed by atoms with Crippen molar-refractivity contribution in [1.29, 1.82) is 5.26 Å². The molecule has 1 aromatic heterocycles. The highest BCUT2D eigenvalue weighted by atomic mass is 16.5. The standard InChI is InChI=1S/C25H25N3O4/c1-4-31-20-9-7-19(8-10-20)28(13-5-12-26)24(29)16-32-25(30)22-15-18(3)27-23-11-6-17(2)14-21(22)23/h6-11,14-15H,4-5,13,16H2,1-3H3. The molecule has 0 saturated carbocycles. The maximum Gasteiger partial charge on any atom is 0.339 e. The number of rotatable bonds is 8.